The molecule has 15 heavy (non-hydrogen) atoms. The maximum atomic E-state index is 5.76. The Morgan fingerprint density at radius 1 is 1.27 bits per heavy atom. The number of nitrogens with zero attached hydrogens (tertiary/aromatic N) is 2. The molecule has 0 bridgehead atoms. The van der Waals surface area contributed by atoms with Gasteiger partial charge in [-0.1, -0.05) is 11.6 Å². The van der Waals surface area contributed by atoms with Crippen molar-refractivity contribution in [2.24, 2.45) is 7.05 Å². The lowest BCUT2D eigenvalue weighted by Crippen LogP contribution is -1.97. The molecule has 78 valence electrons. The van der Waals surface area contributed by atoms with Gasteiger partial charge >= 0.3 is 0 Å². The van der Waals surface area contributed by atoms with Crippen molar-refractivity contribution < 1.29 is 4.74 Å². The van der Waals surface area contributed by atoms with Crippen LogP contribution in [0.2, 0.25) is 5.02 Å². The first-order chi connectivity index (χ1) is 7.24. The van der Waals surface area contributed by atoms with Crippen LogP contribution >= 0.6 is 11.6 Å². The highest BCUT2D eigenvalue weighted by Gasteiger charge is 1.98. The van der Waals surface area contributed by atoms with Crippen LogP contribution in [0, 0.1) is 0 Å². The number of ether oxygens (including phenoxy) is 1. The first-order valence-electron chi connectivity index (χ1n) is 4.61. The third kappa shape index (κ3) is 2.73. The second-order valence-electron chi connectivity index (χ2n) is 3.22. The van der Waals surface area contributed by atoms with Crippen LogP contribution in [0.5, 0.6) is 5.75 Å². The van der Waals surface area contributed by atoms with E-state index in [1.807, 2.05) is 31.4 Å². The molecule has 0 amide bonds. The Bertz CT molecular complexity index is 436. The average molecular weight is 223 g/mol. The largest absolute Gasteiger partial charge is 0.487 e. The molecule has 1 aromatic heterocycles. The fourth-order valence-corrected chi connectivity index (χ4v) is 1.35. The molecule has 0 saturated heterocycles. The first kappa shape index (κ1) is 10.1. The molecular weight excluding hydrogens is 212 g/mol. The van der Waals surface area contributed by atoms with Gasteiger partial charge in [0.05, 0.1) is 5.69 Å². The van der Waals surface area contributed by atoms with E-state index in [1.54, 1.807) is 16.8 Å². The van der Waals surface area contributed by atoms with Crippen molar-refractivity contribution in [1.82, 2.24) is 9.78 Å². The maximum absolute atomic E-state index is 5.76. The quantitative estimate of drug-likeness (QED) is 0.799. The summed E-state index contributed by atoms with van der Waals surface area (Å²) in [7, 11) is 1.88. The van der Waals surface area contributed by atoms with E-state index < -0.39 is 0 Å². The summed E-state index contributed by atoms with van der Waals surface area (Å²) in [5, 5.41) is 4.92. The lowest BCUT2D eigenvalue weighted by molar-refractivity contribution is 0.300. The van der Waals surface area contributed by atoms with Crippen molar-refractivity contribution in [2.45, 2.75) is 6.61 Å². The summed E-state index contributed by atoms with van der Waals surface area (Å²) in [6.07, 6.45) is 1.89. The summed E-state index contributed by atoms with van der Waals surface area (Å²) in [5.41, 5.74) is 0.910. The third-order valence-corrected chi connectivity index (χ3v) is 2.22. The SMILES string of the molecule is Cn1ccc(COc2ccc(Cl)cc2)n1. The molecule has 2 rings (SSSR count). The van der Waals surface area contributed by atoms with Gasteiger partial charge in [0.1, 0.15) is 12.4 Å². The summed E-state index contributed by atoms with van der Waals surface area (Å²) in [6.45, 7) is 0.475. The minimum atomic E-state index is 0.475. The fourth-order valence-electron chi connectivity index (χ4n) is 1.23. The maximum Gasteiger partial charge on any atom is 0.132 e. The van der Waals surface area contributed by atoms with Crippen molar-refractivity contribution in [3.63, 3.8) is 0 Å². The number of halogens is 1. The molecule has 0 unspecified atom stereocenters. The van der Waals surface area contributed by atoms with Gasteiger partial charge in [0.2, 0.25) is 0 Å². The molecule has 0 saturated carbocycles. The summed E-state index contributed by atoms with van der Waals surface area (Å²) >= 11 is 5.76. The molecule has 0 aliphatic carbocycles. The predicted octanol–water partition coefficient (Wildman–Crippen LogP) is 2.65. The Morgan fingerprint density at radius 2 is 2.00 bits per heavy atom. The van der Waals surface area contributed by atoms with Crippen molar-refractivity contribution in [3.05, 3.63) is 47.2 Å². The Labute approximate surface area is 93.2 Å². The van der Waals surface area contributed by atoms with Gasteiger partial charge in [0.15, 0.2) is 0 Å². The van der Waals surface area contributed by atoms with Crippen molar-refractivity contribution >= 4 is 11.6 Å². The van der Waals surface area contributed by atoms with Crippen molar-refractivity contribution in [2.75, 3.05) is 0 Å². The van der Waals surface area contributed by atoms with Gasteiger partial charge in [0, 0.05) is 18.3 Å². The summed E-state index contributed by atoms with van der Waals surface area (Å²) < 4.78 is 7.28. The highest BCUT2D eigenvalue weighted by molar-refractivity contribution is 6.30. The fraction of sp³-hybridized carbons (Fsp3) is 0.182. The zero-order valence-electron chi connectivity index (χ0n) is 8.35. The van der Waals surface area contributed by atoms with Gasteiger partial charge in [-0.05, 0) is 30.3 Å². The van der Waals surface area contributed by atoms with E-state index in [9.17, 15) is 0 Å². The lowest BCUT2D eigenvalue weighted by atomic mass is 10.3. The van der Waals surface area contributed by atoms with E-state index in [4.69, 9.17) is 16.3 Å². The molecule has 3 nitrogen and oxygen atoms in total. The lowest BCUT2D eigenvalue weighted by Gasteiger charge is -2.03. The molecule has 0 N–H and O–H groups in total. The number of aromatic nitrogens is 2. The predicted molar refractivity (Wildman–Crippen MR) is 59.0 cm³/mol. The van der Waals surface area contributed by atoms with Crippen LogP contribution in [0.15, 0.2) is 36.5 Å². The van der Waals surface area contributed by atoms with Gasteiger partial charge in [-0.25, -0.2) is 0 Å². The molecule has 0 radical (unpaired) electrons. The van der Waals surface area contributed by atoms with E-state index in [0.717, 1.165) is 11.4 Å². The van der Waals surface area contributed by atoms with Crippen LogP contribution in [0.25, 0.3) is 0 Å². The zero-order valence-corrected chi connectivity index (χ0v) is 9.11. The van der Waals surface area contributed by atoms with Gasteiger partial charge in [0.25, 0.3) is 0 Å². The van der Waals surface area contributed by atoms with Crippen molar-refractivity contribution in [1.29, 1.82) is 0 Å². The van der Waals surface area contributed by atoms with Crippen LogP contribution in [0.1, 0.15) is 5.69 Å². The highest BCUT2D eigenvalue weighted by atomic mass is 35.5. The molecule has 1 heterocycles. The van der Waals surface area contributed by atoms with Crippen molar-refractivity contribution in [3.8, 4) is 5.75 Å². The second kappa shape index (κ2) is 4.36. The topological polar surface area (TPSA) is 27.1 Å². The normalized spacial score (nSPS) is 10.3. The standard InChI is InChI=1S/C11H11ClN2O/c1-14-7-6-10(13-14)8-15-11-4-2-9(12)3-5-11/h2-7H,8H2,1H3. The van der Waals surface area contributed by atoms with Crippen LogP contribution in [0.4, 0.5) is 0 Å². The number of aryl methyl sites for hydroxylation is 1. The number of rotatable bonds is 3. The Hall–Kier alpha value is -1.48. The number of benzene rings is 1. The molecule has 0 spiro atoms. The van der Waals surface area contributed by atoms with Gasteiger partial charge in [-0.15, -0.1) is 0 Å². The molecule has 2 aromatic rings. The highest BCUT2D eigenvalue weighted by Crippen LogP contribution is 2.16. The molecule has 1 aromatic carbocycles. The minimum Gasteiger partial charge on any atom is -0.487 e. The van der Waals surface area contributed by atoms with E-state index in [0.29, 0.717) is 11.6 Å². The molecule has 0 atom stereocenters. The molecular formula is C11H11ClN2O. The number of hydrogen-bond donors (Lipinski definition) is 0. The smallest absolute Gasteiger partial charge is 0.132 e. The van der Waals surface area contributed by atoms with E-state index in [-0.39, 0.29) is 0 Å². The average Bonchev–Trinajstić information content (AvgIpc) is 2.64. The summed E-state index contributed by atoms with van der Waals surface area (Å²) in [5.74, 6) is 0.796. The molecule has 4 heteroatoms. The van der Waals surface area contributed by atoms with Gasteiger partial charge in [-0.2, -0.15) is 5.10 Å². The first-order valence-corrected chi connectivity index (χ1v) is 4.99. The Morgan fingerprint density at radius 3 is 2.60 bits per heavy atom. The molecule has 0 aliphatic heterocycles. The monoisotopic (exact) mass is 222 g/mol. The Balaban J connectivity index is 1.96. The minimum absolute atomic E-state index is 0.475. The Kier molecular flexibility index (Phi) is 2.92. The summed E-state index contributed by atoms with van der Waals surface area (Å²) in [4.78, 5) is 0. The molecule has 0 fully saturated rings. The molecule has 0 aliphatic rings. The summed E-state index contributed by atoms with van der Waals surface area (Å²) in [6, 6.07) is 9.21. The second-order valence-corrected chi connectivity index (χ2v) is 3.66. The van der Waals surface area contributed by atoms with E-state index in [2.05, 4.69) is 5.10 Å². The van der Waals surface area contributed by atoms with E-state index in [1.165, 1.54) is 0 Å². The third-order valence-electron chi connectivity index (χ3n) is 1.97. The van der Waals surface area contributed by atoms with Gasteiger partial charge in [-0.3, -0.25) is 4.68 Å². The van der Waals surface area contributed by atoms with E-state index >= 15 is 0 Å². The van der Waals surface area contributed by atoms with Crippen LogP contribution < -0.4 is 4.74 Å². The number of hydrogen-bond acceptors (Lipinski definition) is 2. The van der Waals surface area contributed by atoms with Gasteiger partial charge < -0.3 is 4.74 Å². The van der Waals surface area contributed by atoms with Crippen LogP contribution in [-0.2, 0) is 13.7 Å². The zero-order chi connectivity index (χ0) is 10.7. The van der Waals surface area contributed by atoms with Crippen LogP contribution in [0.3, 0.4) is 0 Å². The van der Waals surface area contributed by atoms with Crippen LogP contribution in [-0.4, -0.2) is 9.78 Å².